The number of alkyl halides is 3. The molecule has 0 bridgehead atoms. The lowest BCUT2D eigenvalue weighted by Gasteiger charge is -2.27. The number of aliphatic hydroxyl groups is 2. The monoisotopic (exact) mass is 349 g/mol. The Balaban J connectivity index is 2.10. The van der Waals surface area contributed by atoms with E-state index in [9.17, 15) is 23.4 Å². The Morgan fingerprint density at radius 3 is 2.62 bits per heavy atom. The smallest absolute Gasteiger partial charge is 0.420 e. The van der Waals surface area contributed by atoms with E-state index in [0.717, 1.165) is 6.07 Å². The van der Waals surface area contributed by atoms with Crippen LogP contribution >= 0.6 is 0 Å². The summed E-state index contributed by atoms with van der Waals surface area (Å²) in [5, 5.41) is 22.9. The molecule has 1 fully saturated rings. The van der Waals surface area contributed by atoms with Crippen LogP contribution < -0.4 is 10.1 Å². The summed E-state index contributed by atoms with van der Waals surface area (Å²) in [5.41, 5.74) is -2.08. The molecule has 1 saturated heterocycles. The summed E-state index contributed by atoms with van der Waals surface area (Å²) in [5.74, 6) is -0.244. The van der Waals surface area contributed by atoms with Crippen molar-refractivity contribution in [2.45, 2.75) is 44.3 Å². The van der Waals surface area contributed by atoms with Crippen molar-refractivity contribution in [3.05, 3.63) is 23.8 Å². The van der Waals surface area contributed by atoms with Gasteiger partial charge in [-0.1, -0.05) is 0 Å². The molecule has 8 heteroatoms. The molecule has 5 nitrogen and oxygen atoms in total. The zero-order valence-electron chi connectivity index (χ0n) is 13.6. The molecule has 0 spiro atoms. The predicted molar refractivity (Wildman–Crippen MR) is 82.1 cm³/mol. The summed E-state index contributed by atoms with van der Waals surface area (Å²) in [6.07, 6.45) is -5.81. The number of benzene rings is 1. The second-order valence-corrected chi connectivity index (χ2v) is 6.18. The molecule has 0 amide bonds. The van der Waals surface area contributed by atoms with Gasteiger partial charge in [-0.2, -0.15) is 13.2 Å². The van der Waals surface area contributed by atoms with Crippen LogP contribution in [0.1, 0.15) is 25.8 Å². The van der Waals surface area contributed by atoms with Crippen LogP contribution in [0.2, 0.25) is 0 Å². The van der Waals surface area contributed by atoms with Gasteiger partial charge < -0.3 is 25.0 Å². The summed E-state index contributed by atoms with van der Waals surface area (Å²) < 4.78 is 49.8. The SMILES string of the molecule is CC(C)Oc1ccc(NCC(O)C2(O)CCOC2)cc1C(F)(F)F. The Morgan fingerprint density at radius 2 is 2.08 bits per heavy atom. The minimum atomic E-state index is -4.56. The van der Waals surface area contributed by atoms with E-state index in [0.29, 0.717) is 6.61 Å². The first-order valence-corrected chi connectivity index (χ1v) is 7.72. The van der Waals surface area contributed by atoms with Crippen LogP contribution in [0.25, 0.3) is 0 Å². The van der Waals surface area contributed by atoms with Gasteiger partial charge in [-0.15, -0.1) is 0 Å². The van der Waals surface area contributed by atoms with Crippen molar-refractivity contribution in [1.29, 1.82) is 0 Å². The van der Waals surface area contributed by atoms with Crippen molar-refractivity contribution >= 4 is 5.69 Å². The molecular formula is C16H22F3NO4. The van der Waals surface area contributed by atoms with E-state index in [1.165, 1.54) is 12.1 Å². The average Bonchev–Trinajstić information content (AvgIpc) is 2.92. The van der Waals surface area contributed by atoms with Gasteiger partial charge in [-0.25, -0.2) is 0 Å². The third-order valence-electron chi connectivity index (χ3n) is 3.80. The number of hydrogen-bond donors (Lipinski definition) is 3. The molecule has 1 aliphatic rings. The molecule has 0 saturated carbocycles. The van der Waals surface area contributed by atoms with Gasteiger partial charge >= 0.3 is 6.18 Å². The molecule has 1 aromatic rings. The van der Waals surface area contributed by atoms with E-state index in [1.807, 2.05) is 0 Å². The lowest BCUT2D eigenvalue weighted by Crippen LogP contribution is -2.46. The van der Waals surface area contributed by atoms with Crippen LogP contribution in [0.15, 0.2) is 18.2 Å². The molecule has 0 aromatic heterocycles. The fourth-order valence-electron chi connectivity index (χ4n) is 2.46. The summed E-state index contributed by atoms with van der Waals surface area (Å²) in [6, 6.07) is 3.61. The molecule has 1 aromatic carbocycles. The molecule has 0 aliphatic carbocycles. The minimum Gasteiger partial charge on any atom is -0.490 e. The highest BCUT2D eigenvalue weighted by atomic mass is 19.4. The number of rotatable bonds is 6. The first-order chi connectivity index (χ1) is 11.1. The second-order valence-electron chi connectivity index (χ2n) is 6.18. The maximum absolute atomic E-state index is 13.2. The summed E-state index contributed by atoms with van der Waals surface area (Å²) >= 11 is 0. The molecule has 1 aliphatic heterocycles. The Kier molecular flexibility index (Phi) is 5.62. The molecule has 3 N–H and O–H groups in total. The largest absolute Gasteiger partial charge is 0.490 e. The first-order valence-electron chi connectivity index (χ1n) is 7.72. The molecule has 136 valence electrons. The highest BCUT2D eigenvalue weighted by Gasteiger charge is 2.39. The van der Waals surface area contributed by atoms with Crippen LogP contribution in [0.5, 0.6) is 5.75 Å². The molecule has 1 heterocycles. The number of ether oxygens (including phenoxy) is 2. The van der Waals surface area contributed by atoms with Crippen molar-refractivity contribution in [3.8, 4) is 5.75 Å². The molecule has 2 rings (SSSR count). The summed E-state index contributed by atoms with van der Waals surface area (Å²) in [6.45, 7) is 3.54. The summed E-state index contributed by atoms with van der Waals surface area (Å²) in [7, 11) is 0. The first kappa shape index (κ1) is 18.8. The van der Waals surface area contributed by atoms with Gasteiger partial charge in [0.2, 0.25) is 0 Å². The van der Waals surface area contributed by atoms with Crippen molar-refractivity contribution in [2.75, 3.05) is 25.1 Å². The van der Waals surface area contributed by atoms with Crippen LogP contribution in [0.4, 0.5) is 18.9 Å². The highest BCUT2D eigenvalue weighted by Crippen LogP contribution is 2.38. The van der Waals surface area contributed by atoms with Crippen LogP contribution in [0, 0.1) is 0 Å². The quantitative estimate of drug-likeness (QED) is 0.736. The van der Waals surface area contributed by atoms with Crippen molar-refractivity contribution in [3.63, 3.8) is 0 Å². The standard InChI is InChI=1S/C16H22F3NO4/c1-10(2)24-13-4-3-11(7-12(13)16(17,18)19)20-8-14(21)15(22)5-6-23-9-15/h3-4,7,10,14,20-22H,5-6,8-9H2,1-2H3. The van der Waals surface area contributed by atoms with Crippen molar-refractivity contribution < 1.29 is 32.9 Å². The van der Waals surface area contributed by atoms with Gasteiger partial charge in [0.25, 0.3) is 0 Å². The second kappa shape index (κ2) is 7.16. The molecule has 0 radical (unpaired) electrons. The zero-order chi connectivity index (χ0) is 18.0. The average molecular weight is 349 g/mol. The lowest BCUT2D eigenvalue weighted by molar-refractivity contribution is -0.139. The maximum atomic E-state index is 13.2. The van der Waals surface area contributed by atoms with E-state index < -0.39 is 23.4 Å². The fraction of sp³-hybridized carbons (Fsp3) is 0.625. The predicted octanol–water partition coefficient (Wildman–Crippen LogP) is 2.42. The van der Waals surface area contributed by atoms with Gasteiger partial charge in [0.05, 0.1) is 18.3 Å². The molecule has 24 heavy (non-hydrogen) atoms. The van der Waals surface area contributed by atoms with Crippen LogP contribution in [-0.4, -0.2) is 47.8 Å². The molecule has 2 unspecified atom stereocenters. The number of hydrogen-bond acceptors (Lipinski definition) is 5. The minimum absolute atomic E-state index is 0.00478. The van der Waals surface area contributed by atoms with Gasteiger partial charge in [0.15, 0.2) is 0 Å². The Bertz CT molecular complexity index is 557. The van der Waals surface area contributed by atoms with Gasteiger partial charge in [-0.05, 0) is 32.0 Å². The third-order valence-corrected chi connectivity index (χ3v) is 3.80. The Labute approximate surface area is 138 Å². The Hall–Kier alpha value is -1.51. The topological polar surface area (TPSA) is 71.0 Å². The van der Waals surface area contributed by atoms with E-state index in [2.05, 4.69) is 5.32 Å². The van der Waals surface area contributed by atoms with Crippen molar-refractivity contribution in [1.82, 2.24) is 0 Å². The van der Waals surface area contributed by atoms with Crippen LogP contribution in [0.3, 0.4) is 0 Å². The van der Waals surface area contributed by atoms with E-state index in [-0.39, 0.29) is 37.1 Å². The molecular weight excluding hydrogens is 327 g/mol. The fourth-order valence-corrected chi connectivity index (χ4v) is 2.46. The van der Waals surface area contributed by atoms with Crippen LogP contribution in [-0.2, 0) is 10.9 Å². The molecule has 2 atom stereocenters. The van der Waals surface area contributed by atoms with E-state index in [4.69, 9.17) is 9.47 Å². The number of halogens is 3. The Morgan fingerprint density at radius 1 is 1.38 bits per heavy atom. The van der Waals surface area contributed by atoms with Gasteiger partial charge in [-0.3, -0.25) is 0 Å². The summed E-state index contributed by atoms with van der Waals surface area (Å²) in [4.78, 5) is 0. The number of nitrogens with one attached hydrogen (secondary N) is 1. The van der Waals surface area contributed by atoms with E-state index in [1.54, 1.807) is 13.8 Å². The number of aliphatic hydroxyl groups excluding tert-OH is 1. The van der Waals surface area contributed by atoms with E-state index >= 15 is 0 Å². The van der Waals surface area contributed by atoms with Gasteiger partial charge in [0.1, 0.15) is 17.5 Å². The number of anilines is 1. The van der Waals surface area contributed by atoms with Gasteiger partial charge in [0, 0.05) is 25.3 Å². The third kappa shape index (κ3) is 4.52. The highest BCUT2D eigenvalue weighted by molar-refractivity contribution is 5.52. The van der Waals surface area contributed by atoms with Crippen molar-refractivity contribution in [2.24, 2.45) is 0 Å². The maximum Gasteiger partial charge on any atom is 0.420 e. The lowest BCUT2D eigenvalue weighted by atomic mass is 9.96. The zero-order valence-corrected chi connectivity index (χ0v) is 13.6. The normalized spacial score (nSPS) is 22.7.